The molecule has 0 atom stereocenters. The number of ether oxygens (including phenoxy) is 1. The molecule has 0 saturated heterocycles. The number of hydrogen-bond donors (Lipinski definition) is 1. The third-order valence-electron chi connectivity index (χ3n) is 3.07. The van der Waals surface area contributed by atoms with Gasteiger partial charge in [-0.2, -0.15) is 5.26 Å². The lowest BCUT2D eigenvalue weighted by atomic mass is 10.1. The van der Waals surface area contributed by atoms with E-state index in [0.29, 0.717) is 13.0 Å². The zero-order valence-electron chi connectivity index (χ0n) is 11.6. The summed E-state index contributed by atoms with van der Waals surface area (Å²) in [5.74, 6) is 0. The highest BCUT2D eigenvalue weighted by atomic mass is 16.5. The van der Waals surface area contributed by atoms with E-state index in [2.05, 4.69) is 35.7 Å². The molecule has 2 aromatic rings. The van der Waals surface area contributed by atoms with E-state index in [-0.39, 0.29) is 0 Å². The van der Waals surface area contributed by atoms with Crippen LogP contribution in [0.1, 0.15) is 16.7 Å². The van der Waals surface area contributed by atoms with Crippen LogP contribution in [0.3, 0.4) is 0 Å². The van der Waals surface area contributed by atoms with Gasteiger partial charge in [0, 0.05) is 19.3 Å². The van der Waals surface area contributed by atoms with Crippen molar-refractivity contribution >= 4 is 5.69 Å². The average Bonchev–Trinajstić information content (AvgIpc) is 2.49. The highest BCUT2D eigenvalue weighted by molar-refractivity contribution is 5.45. The molecule has 0 aliphatic carbocycles. The molecule has 0 radical (unpaired) electrons. The molecule has 0 unspecified atom stereocenters. The molecule has 0 bridgehead atoms. The van der Waals surface area contributed by atoms with Gasteiger partial charge in [-0.25, -0.2) is 0 Å². The Kier molecular flexibility index (Phi) is 5.16. The summed E-state index contributed by atoms with van der Waals surface area (Å²) in [6, 6.07) is 18.5. The van der Waals surface area contributed by atoms with Crippen molar-refractivity contribution in [3.05, 3.63) is 65.2 Å². The first kappa shape index (κ1) is 14.1. The third-order valence-corrected chi connectivity index (χ3v) is 3.07. The predicted molar refractivity (Wildman–Crippen MR) is 80.2 cm³/mol. The number of nitriles is 1. The lowest BCUT2D eigenvalue weighted by Gasteiger charge is -2.08. The highest BCUT2D eigenvalue weighted by Crippen LogP contribution is 2.12. The summed E-state index contributed by atoms with van der Waals surface area (Å²) in [5, 5.41) is 12.0. The van der Waals surface area contributed by atoms with Gasteiger partial charge in [0.25, 0.3) is 0 Å². The summed E-state index contributed by atoms with van der Waals surface area (Å²) in [6.07, 6.45) is 0.460. The number of nitrogens with zero attached hydrogens (tertiary/aromatic N) is 1. The molecule has 1 N–H and O–H groups in total. The van der Waals surface area contributed by atoms with Gasteiger partial charge in [0.15, 0.2) is 0 Å². The maximum Gasteiger partial charge on any atom is 0.0713 e. The fourth-order valence-electron chi connectivity index (χ4n) is 1.96. The molecule has 3 heteroatoms. The topological polar surface area (TPSA) is 45.0 Å². The summed E-state index contributed by atoms with van der Waals surface area (Å²) in [7, 11) is 1.70. The summed E-state index contributed by atoms with van der Waals surface area (Å²) in [4.78, 5) is 0. The van der Waals surface area contributed by atoms with E-state index in [0.717, 1.165) is 17.8 Å². The molecule has 102 valence electrons. The zero-order valence-corrected chi connectivity index (χ0v) is 11.6. The van der Waals surface area contributed by atoms with Gasteiger partial charge in [-0.05, 0) is 28.8 Å². The van der Waals surface area contributed by atoms with Crippen LogP contribution in [-0.4, -0.2) is 7.11 Å². The maximum absolute atomic E-state index is 8.63. The van der Waals surface area contributed by atoms with Crippen LogP contribution in [0.2, 0.25) is 0 Å². The molecule has 3 nitrogen and oxygen atoms in total. The fraction of sp³-hybridized carbons (Fsp3) is 0.235. The Hall–Kier alpha value is -2.31. The van der Waals surface area contributed by atoms with E-state index < -0.39 is 0 Å². The molecule has 0 amide bonds. The summed E-state index contributed by atoms with van der Waals surface area (Å²) >= 11 is 0. The highest BCUT2D eigenvalue weighted by Gasteiger charge is 1.97. The fourth-order valence-corrected chi connectivity index (χ4v) is 1.96. The van der Waals surface area contributed by atoms with Crippen molar-refractivity contribution in [1.82, 2.24) is 0 Å². The second-order valence-corrected chi connectivity index (χ2v) is 4.63. The lowest BCUT2D eigenvalue weighted by molar-refractivity contribution is 0.185. The molecule has 0 aliphatic heterocycles. The van der Waals surface area contributed by atoms with Crippen molar-refractivity contribution in [3.8, 4) is 6.07 Å². The number of rotatable bonds is 6. The summed E-state index contributed by atoms with van der Waals surface area (Å²) in [6.45, 7) is 1.43. The maximum atomic E-state index is 8.63. The van der Waals surface area contributed by atoms with Crippen LogP contribution in [0, 0.1) is 11.3 Å². The molecule has 0 heterocycles. The first-order chi connectivity index (χ1) is 9.81. The molecule has 0 spiro atoms. The number of methoxy groups -OCH3 is 1. The van der Waals surface area contributed by atoms with Gasteiger partial charge in [0.05, 0.1) is 19.1 Å². The van der Waals surface area contributed by atoms with Gasteiger partial charge >= 0.3 is 0 Å². The molecular weight excluding hydrogens is 248 g/mol. The molecule has 0 aromatic heterocycles. The monoisotopic (exact) mass is 266 g/mol. The first-order valence-corrected chi connectivity index (χ1v) is 6.58. The molecule has 0 aliphatic rings. The number of nitrogens with one attached hydrogen (secondary N) is 1. The van der Waals surface area contributed by atoms with Gasteiger partial charge < -0.3 is 10.1 Å². The normalized spacial score (nSPS) is 10.0. The van der Waals surface area contributed by atoms with Gasteiger partial charge in [-0.1, -0.05) is 36.4 Å². The zero-order chi connectivity index (χ0) is 14.2. The SMILES string of the molecule is COCc1ccc(CNc2ccc(CC#N)cc2)cc1. The Morgan fingerprint density at radius 1 is 0.950 bits per heavy atom. The predicted octanol–water partition coefficient (Wildman–Crippen LogP) is 3.51. The molecular formula is C17H18N2O. The van der Waals surface area contributed by atoms with Crippen molar-refractivity contribution in [1.29, 1.82) is 5.26 Å². The third kappa shape index (κ3) is 4.11. The number of anilines is 1. The quantitative estimate of drug-likeness (QED) is 0.870. The van der Waals surface area contributed by atoms with Crippen molar-refractivity contribution in [2.45, 2.75) is 19.6 Å². The van der Waals surface area contributed by atoms with Gasteiger partial charge in [-0.15, -0.1) is 0 Å². The number of benzene rings is 2. The summed E-state index contributed by atoms with van der Waals surface area (Å²) < 4.78 is 5.09. The van der Waals surface area contributed by atoms with E-state index in [4.69, 9.17) is 10.00 Å². The second-order valence-electron chi connectivity index (χ2n) is 4.63. The van der Waals surface area contributed by atoms with Crippen LogP contribution in [0.4, 0.5) is 5.69 Å². The Balaban J connectivity index is 1.89. The van der Waals surface area contributed by atoms with E-state index >= 15 is 0 Å². The van der Waals surface area contributed by atoms with E-state index in [1.54, 1.807) is 7.11 Å². The van der Waals surface area contributed by atoms with E-state index in [1.165, 1.54) is 11.1 Å². The van der Waals surface area contributed by atoms with E-state index in [9.17, 15) is 0 Å². The average molecular weight is 266 g/mol. The first-order valence-electron chi connectivity index (χ1n) is 6.58. The molecule has 2 rings (SSSR count). The van der Waals surface area contributed by atoms with E-state index in [1.807, 2.05) is 24.3 Å². The standard InChI is InChI=1S/C17H18N2O/c1-20-13-16-4-2-15(3-5-16)12-19-17-8-6-14(7-9-17)10-11-18/h2-9,19H,10,12-13H2,1H3. The Morgan fingerprint density at radius 2 is 1.55 bits per heavy atom. The van der Waals surface area contributed by atoms with Crippen LogP contribution >= 0.6 is 0 Å². The van der Waals surface area contributed by atoms with Crippen molar-refractivity contribution in [2.75, 3.05) is 12.4 Å². The summed E-state index contributed by atoms with van der Waals surface area (Å²) in [5.41, 5.74) is 4.51. The van der Waals surface area contributed by atoms with Gasteiger partial charge in [0.2, 0.25) is 0 Å². The van der Waals surface area contributed by atoms with Crippen LogP contribution in [0.25, 0.3) is 0 Å². The minimum atomic E-state index is 0.460. The minimum Gasteiger partial charge on any atom is -0.381 e. The Morgan fingerprint density at radius 3 is 2.15 bits per heavy atom. The number of hydrogen-bond acceptors (Lipinski definition) is 3. The Bertz CT molecular complexity index is 567. The largest absolute Gasteiger partial charge is 0.381 e. The smallest absolute Gasteiger partial charge is 0.0713 e. The van der Waals surface area contributed by atoms with Gasteiger partial charge in [0.1, 0.15) is 0 Å². The molecule has 20 heavy (non-hydrogen) atoms. The Labute approximate surface area is 119 Å². The second kappa shape index (κ2) is 7.32. The molecule has 2 aromatic carbocycles. The van der Waals surface area contributed by atoms with Crippen LogP contribution < -0.4 is 5.32 Å². The van der Waals surface area contributed by atoms with Crippen LogP contribution in [-0.2, 0) is 24.3 Å². The van der Waals surface area contributed by atoms with Gasteiger partial charge in [-0.3, -0.25) is 0 Å². The van der Waals surface area contributed by atoms with Crippen molar-refractivity contribution in [2.24, 2.45) is 0 Å². The van der Waals surface area contributed by atoms with Crippen LogP contribution in [0.15, 0.2) is 48.5 Å². The van der Waals surface area contributed by atoms with Crippen LogP contribution in [0.5, 0.6) is 0 Å². The van der Waals surface area contributed by atoms with Crippen molar-refractivity contribution < 1.29 is 4.74 Å². The van der Waals surface area contributed by atoms with Crippen molar-refractivity contribution in [3.63, 3.8) is 0 Å². The molecule has 0 fully saturated rings. The minimum absolute atomic E-state index is 0.460. The molecule has 0 saturated carbocycles. The lowest BCUT2D eigenvalue weighted by Crippen LogP contribution is -1.99.